The summed E-state index contributed by atoms with van der Waals surface area (Å²) in [5, 5.41) is 9.69. The lowest BCUT2D eigenvalue weighted by Gasteiger charge is -2.13. The molecule has 0 atom stereocenters. The summed E-state index contributed by atoms with van der Waals surface area (Å²) >= 11 is 12.8. The molecule has 1 N–H and O–H groups in total. The summed E-state index contributed by atoms with van der Waals surface area (Å²) in [6.07, 6.45) is 3.25. The molecule has 0 radical (unpaired) electrons. The normalized spacial score (nSPS) is 13.8. The molecule has 0 aliphatic carbocycles. The topological polar surface area (TPSA) is 29.9 Å². The lowest BCUT2D eigenvalue weighted by atomic mass is 10.0. The molecule has 4 rings (SSSR count). The lowest BCUT2D eigenvalue weighted by Crippen LogP contribution is -2.08. The van der Waals surface area contributed by atoms with E-state index in [4.69, 9.17) is 28.3 Å². The summed E-state index contributed by atoms with van der Waals surface area (Å²) in [4.78, 5) is 0. The van der Waals surface area contributed by atoms with Gasteiger partial charge < -0.3 is 5.32 Å². The lowest BCUT2D eigenvalue weighted by molar-refractivity contribution is 0.779. The van der Waals surface area contributed by atoms with Crippen LogP contribution in [0.5, 0.6) is 0 Å². The van der Waals surface area contributed by atoms with Crippen molar-refractivity contribution in [1.29, 1.82) is 0 Å². The first kappa shape index (κ1) is 17.4. The van der Waals surface area contributed by atoms with Crippen LogP contribution in [-0.4, -0.2) is 16.3 Å². The fourth-order valence-corrected chi connectivity index (χ4v) is 3.93. The van der Waals surface area contributed by atoms with Crippen LogP contribution < -0.4 is 5.32 Å². The van der Waals surface area contributed by atoms with E-state index in [2.05, 4.69) is 37.4 Å². The zero-order valence-electron chi connectivity index (χ0n) is 14.9. The molecule has 0 unspecified atom stereocenters. The number of rotatable bonds is 2. The van der Waals surface area contributed by atoms with Gasteiger partial charge in [0.05, 0.1) is 21.4 Å². The maximum absolute atomic E-state index is 6.52. The highest BCUT2D eigenvalue weighted by Crippen LogP contribution is 2.39. The zero-order chi connectivity index (χ0) is 18.3. The summed E-state index contributed by atoms with van der Waals surface area (Å²) in [7, 11) is 0. The quantitative estimate of drug-likeness (QED) is 0.567. The Hall–Kier alpha value is -1.97. The SMILES string of the molecule is Cc1cccc(-n2nc(-c3cccc(Cl)c3Cl)c3c2NCCCC3)c1C. The van der Waals surface area contributed by atoms with Gasteiger partial charge in [-0.2, -0.15) is 5.10 Å². The van der Waals surface area contributed by atoms with E-state index in [1.807, 2.05) is 22.9 Å². The van der Waals surface area contributed by atoms with Gasteiger partial charge in [-0.3, -0.25) is 0 Å². The Kier molecular flexibility index (Phi) is 4.68. The van der Waals surface area contributed by atoms with E-state index >= 15 is 0 Å². The second kappa shape index (κ2) is 6.98. The second-order valence-corrected chi connectivity index (χ2v) is 7.58. The number of halogens is 2. The van der Waals surface area contributed by atoms with Crippen LogP contribution in [-0.2, 0) is 6.42 Å². The number of fused-ring (bicyclic) bond motifs is 1. The molecule has 1 aliphatic rings. The van der Waals surface area contributed by atoms with Crippen LogP contribution in [0.4, 0.5) is 5.82 Å². The predicted octanol–water partition coefficient (Wildman–Crippen LogP) is 6.21. The highest BCUT2D eigenvalue weighted by molar-refractivity contribution is 6.43. The number of hydrogen-bond acceptors (Lipinski definition) is 2. The van der Waals surface area contributed by atoms with Crippen LogP contribution in [0.3, 0.4) is 0 Å². The predicted molar refractivity (Wildman–Crippen MR) is 110 cm³/mol. The van der Waals surface area contributed by atoms with Crippen LogP contribution >= 0.6 is 23.2 Å². The van der Waals surface area contributed by atoms with Crippen molar-refractivity contribution in [2.45, 2.75) is 33.1 Å². The van der Waals surface area contributed by atoms with Crippen molar-refractivity contribution in [3.63, 3.8) is 0 Å². The van der Waals surface area contributed by atoms with Crippen molar-refractivity contribution in [2.75, 3.05) is 11.9 Å². The van der Waals surface area contributed by atoms with Gasteiger partial charge in [0, 0.05) is 17.7 Å². The van der Waals surface area contributed by atoms with Crippen molar-refractivity contribution in [3.8, 4) is 16.9 Å². The van der Waals surface area contributed by atoms with Crippen LogP contribution in [0.2, 0.25) is 10.0 Å². The van der Waals surface area contributed by atoms with E-state index in [-0.39, 0.29) is 0 Å². The number of nitrogens with zero attached hydrogens (tertiary/aromatic N) is 2. The molecular weight excluding hydrogens is 365 g/mol. The second-order valence-electron chi connectivity index (χ2n) is 6.79. The fourth-order valence-electron chi connectivity index (χ4n) is 3.54. The molecule has 0 saturated carbocycles. The third kappa shape index (κ3) is 2.89. The average Bonchev–Trinajstić information content (AvgIpc) is 2.81. The summed E-state index contributed by atoms with van der Waals surface area (Å²) in [5.74, 6) is 1.07. The molecule has 3 aromatic rings. The third-order valence-electron chi connectivity index (χ3n) is 5.14. The molecule has 0 bridgehead atoms. The van der Waals surface area contributed by atoms with Gasteiger partial charge in [-0.05, 0) is 56.4 Å². The maximum atomic E-state index is 6.52. The Balaban J connectivity index is 1.98. The van der Waals surface area contributed by atoms with Gasteiger partial charge in [0.15, 0.2) is 0 Å². The van der Waals surface area contributed by atoms with Crippen LogP contribution in [0.1, 0.15) is 29.5 Å². The minimum absolute atomic E-state index is 0.556. The van der Waals surface area contributed by atoms with Crippen molar-refractivity contribution in [1.82, 2.24) is 9.78 Å². The van der Waals surface area contributed by atoms with Gasteiger partial charge in [-0.15, -0.1) is 0 Å². The number of hydrogen-bond donors (Lipinski definition) is 1. The van der Waals surface area contributed by atoms with Crippen LogP contribution in [0, 0.1) is 13.8 Å². The van der Waals surface area contributed by atoms with Crippen molar-refractivity contribution in [3.05, 3.63) is 63.1 Å². The fraction of sp³-hybridized carbons (Fsp3) is 0.286. The number of benzene rings is 2. The molecule has 0 fully saturated rings. The maximum Gasteiger partial charge on any atom is 0.133 e. The van der Waals surface area contributed by atoms with Gasteiger partial charge in [0.1, 0.15) is 5.82 Å². The van der Waals surface area contributed by atoms with Crippen LogP contribution in [0.15, 0.2) is 36.4 Å². The Morgan fingerprint density at radius 1 is 1.04 bits per heavy atom. The minimum Gasteiger partial charge on any atom is -0.370 e. The molecule has 0 amide bonds. The molecule has 0 spiro atoms. The molecule has 1 aromatic heterocycles. The van der Waals surface area contributed by atoms with E-state index in [1.165, 1.54) is 16.7 Å². The first-order valence-corrected chi connectivity index (χ1v) is 9.70. The molecule has 2 aromatic carbocycles. The number of anilines is 1. The standard InChI is InChI=1S/C21H21Cl2N3/c1-13-7-5-11-18(14(13)2)26-21-16(8-3-4-12-24-21)20(25-26)15-9-6-10-17(22)19(15)23/h5-7,9-11,24H,3-4,8,12H2,1-2H3. The van der Waals surface area contributed by atoms with Crippen LogP contribution in [0.25, 0.3) is 16.9 Å². The van der Waals surface area contributed by atoms with Crippen molar-refractivity contribution >= 4 is 29.0 Å². The molecule has 3 nitrogen and oxygen atoms in total. The summed E-state index contributed by atoms with van der Waals surface area (Å²) in [6, 6.07) is 12.1. The van der Waals surface area contributed by atoms with Crippen molar-refractivity contribution in [2.24, 2.45) is 0 Å². The third-order valence-corrected chi connectivity index (χ3v) is 5.96. The van der Waals surface area contributed by atoms with Gasteiger partial charge in [0.25, 0.3) is 0 Å². The number of nitrogens with one attached hydrogen (secondary N) is 1. The Bertz CT molecular complexity index is 900. The highest BCUT2D eigenvalue weighted by atomic mass is 35.5. The first-order valence-electron chi connectivity index (χ1n) is 8.94. The smallest absolute Gasteiger partial charge is 0.133 e. The number of aromatic nitrogens is 2. The van der Waals surface area contributed by atoms with E-state index < -0.39 is 0 Å². The van der Waals surface area contributed by atoms with Gasteiger partial charge >= 0.3 is 0 Å². The summed E-state index contributed by atoms with van der Waals surface area (Å²) < 4.78 is 2.04. The summed E-state index contributed by atoms with van der Waals surface area (Å²) in [5.41, 5.74) is 6.61. The Morgan fingerprint density at radius 3 is 2.69 bits per heavy atom. The molecule has 0 saturated heterocycles. The highest BCUT2D eigenvalue weighted by Gasteiger charge is 2.24. The summed E-state index contributed by atoms with van der Waals surface area (Å²) in [6.45, 7) is 5.22. The van der Waals surface area contributed by atoms with E-state index in [9.17, 15) is 0 Å². The largest absolute Gasteiger partial charge is 0.370 e. The molecule has 5 heteroatoms. The molecular formula is C21H21Cl2N3. The zero-order valence-corrected chi connectivity index (χ0v) is 16.5. The monoisotopic (exact) mass is 385 g/mol. The van der Waals surface area contributed by atoms with Gasteiger partial charge in [-0.25, -0.2) is 4.68 Å². The molecule has 26 heavy (non-hydrogen) atoms. The molecule has 2 heterocycles. The van der Waals surface area contributed by atoms with E-state index in [0.717, 1.165) is 48.6 Å². The van der Waals surface area contributed by atoms with Gasteiger partial charge in [-0.1, -0.05) is 47.5 Å². The average molecular weight is 386 g/mol. The Labute approximate surface area is 163 Å². The van der Waals surface area contributed by atoms with E-state index in [1.54, 1.807) is 0 Å². The van der Waals surface area contributed by atoms with Gasteiger partial charge in [0.2, 0.25) is 0 Å². The minimum atomic E-state index is 0.556. The molecule has 134 valence electrons. The van der Waals surface area contributed by atoms with E-state index in [0.29, 0.717) is 10.0 Å². The number of aryl methyl sites for hydroxylation is 1. The molecule has 1 aliphatic heterocycles. The van der Waals surface area contributed by atoms with Crippen molar-refractivity contribution < 1.29 is 0 Å². The Morgan fingerprint density at radius 2 is 1.85 bits per heavy atom. The first-order chi connectivity index (χ1) is 12.6.